The number of rotatable bonds is 3. The molecule has 0 unspecified atom stereocenters. The first kappa shape index (κ1) is 22.1. The fourth-order valence-electron chi connectivity index (χ4n) is 4.30. The van der Waals surface area contributed by atoms with Crippen LogP contribution in [0.2, 0.25) is 0 Å². The van der Waals surface area contributed by atoms with Gasteiger partial charge in [-0.1, -0.05) is 28.1 Å². The van der Waals surface area contributed by atoms with Gasteiger partial charge in [0.2, 0.25) is 5.91 Å². The van der Waals surface area contributed by atoms with E-state index in [2.05, 4.69) is 20.9 Å². The number of hydrogen-bond acceptors (Lipinski definition) is 4. The smallest absolute Gasteiger partial charge is 0.381 e. The van der Waals surface area contributed by atoms with Crippen LogP contribution >= 0.6 is 15.9 Å². The van der Waals surface area contributed by atoms with Crippen molar-refractivity contribution in [2.75, 3.05) is 44.3 Å². The van der Waals surface area contributed by atoms with E-state index in [1.807, 2.05) is 34.1 Å². The second-order valence-electron chi connectivity index (χ2n) is 7.88. The number of halogens is 4. The molecule has 0 saturated carbocycles. The maximum absolute atomic E-state index is 13.7. The number of amides is 1. The first-order valence-electron chi connectivity index (χ1n) is 10.2. The molecule has 166 valence electrons. The highest BCUT2D eigenvalue weighted by Crippen LogP contribution is 2.38. The molecular weight excluding hydrogens is 475 g/mol. The lowest BCUT2D eigenvalue weighted by Gasteiger charge is -2.43. The van der Waals surface area contributed by atoms with Crippen molar-refractivity contribution in [1.82, 2.24) is 9.88 Å². The Balaban J connectivity index is 1.47. The molecule has 1 amide bonds. The predicted octanol–water partition coefficient (Wildman–Crippen LogP) is 4.26. The lowest BCUT2D eigenvalue weighted by Crippen LogP contribution is -2.56. The third kappa shape index (κ3) is 4.57. The maximum atomic E-state index is 13.7. The topological polar surface area (TPSA) is 45.7 Å². The van der Waals surface area contributed by atoms with Crippen molar-refractivity contribution < 1.29 is 22.7 Å². The Morgan fingerprint density at radius 2 is 1.65 bits per heavy atom. The molecule has 31 heavy (non-hydrogen) atoms. The molecule has 2 saturated heterocycles. The van der Waals surface area contributed by atoms with Crippen molar-refractivity contribution in [3.63, 3.8) is 0 Å². The van der Waals surface area contributed by atoms with Gasteiger partial charge in [0.1, 0.15) is 5.82 Å². The van der Waals surface area contributed by atoms with Crippen LogP contribution in [0.25, 0.3) is 0 Å². The molecule has 4 rings (SSSR count). The van der Waals surface area contributed by atoms with E-state index in [4.69, 9.17) is 4.74 Å². The molecule has 3 heterocycles. The highest BCUT2D eigenvalue weighted by molar-refractivity contribution is 9.10. The molecule has 2 aromatic rings. The summed E-state index contributed by atoms with van der Waals surface area (Å²) >= 11 is 3.45. The number of carbonyl (C=O) groups is 1. The predicted molar refractivity (Wildman–Crippen MR) is 114 cm³/mol. The third-order valence-corrected chi connectivity index (χ3v) is 6.65. The zero-order valence-corrected chi connectivity index (χ0v) is 18.5. The number of carbonyl (C=O) groups excluding carboxylic acids is 1. The summed E-state index contributed by atoms with van der Waals surface area (Å²) in [6.45, 7) is 3.13. The van der Waals surface area contributed by atoms with E-state index in [1.165, 1.54) is 6.07 Å². The molecule has 0 atom stereocenters. The number of hydrogen-bond donors (Lipinski definition) is 0. The number of ether oxygens (including phenoxy) is 1. The van der Waals surface area contributed by atoms with Crippen molar-refractivity contribution in [3.8, 4) is 0 Å². The van der Waals surface area contributed by atoms with Crippen LogP contribution in [0.1, 0.15) is 24.0 Å². The monoisotopic (exact) mass is 497 g/mol. The number of nitrogens with zero attached hydrogens (tertiary/aromatic N) is 3. The summed E-state index contributed by atoms with van der Waals surface area (Å²) in [7, 11) is 0. The molecule has 0 N–H and O–H groups in total. The van der Waals surface area contributed by atoms with E-state index < -0.39 is 17.2 Å². The zero-order valence-electron chi connectivity index (χ0n) is 16.9. The van der Waals surface area contributed by atoms with Gasteiger partial charge in [0, 0.05) is 50.1 Å². The SMILES string of the molecule is O=C(N1CCN(c2ccc(C(F)(F)F)cn2)CC1)C1(c2ccc(Br)cc2)CCOCC1. The van der Waals surface area contributed by atoms with Gasteiger partial charge in [-0.15, -0.1) is 0 Å². The van der Waals surface area contributed by atoms with Gasteiger partial charge in [0.25, 0.3) is 0 Å². The quantitative estimate of drug-likeness (QED) is 0.635. The van der Waals surface area contributed by atoms with Gasteiger partial charge in [0.05, 0.1) is 11.0 Å². The van der Waals surface area contributed by atoms with E-state index >= 15 is 0 Å². The number of pyridine rings is 1. The van der Waals surface area contributed by atoms with E-state index in [-0.39, 0.29) is 5.91 Å². The highest BCUT2D eigenvalue weighted by Gasteiger charge is 2.44. The van der Waals surface area contributed by atoms with E-state index in [9.17, 15) is 18.0 Å². The minimum atomic E-state index is -4.40. The molecule has 5 nitrogen and oxygen atoms in total. The largest absolute Gasteiger partial charge is 0.417 e. The van der Waals surface area contributed by atoms with Crippen LogP contribution in [-0.2, 0) is 21.1 Å². The van der Waals surface area contributed by atoms with Crippen LogP contribution in [0.4, 0.5) is 19.0 Å². The van der Waals surface area contributed by atoms with Gasteiger partial charge < -0.3 is 14.5 Å². The summed E-state index contributed by atoms with van der Waals surface area (Å²) < 4.78 is 44.8. The summed E-state index contributed by atoms with van der Waals surface area (Å²) in [5.74, 6) is 0.590. The summed E-state index contributed by atoms with van der Waals surface area (Å²) in [4.78, 5) is 21.4. The molecule has 1 aromatic carbocycles. The summed E-state index contributed by atoms with van der Waals surface area (Å²) in [5, 5.41) is 0. The van der Waals surface area contributed by atoms with Gasteiger partial charge in [0.15, 0.2) is 0 Å². The molecule has 9 heteroatoms. The molecular formula is C22H23BrF3N3O2. The maximum Gasteiger partial charge on any atom is 0.417 e. The summed E-state index contributed by atoms with van der Waals surface area (Å²) in [5.41, 5.74) is -0.370. The van der Waals surface area contributed by atoms with Crippen LogP contribution in [0.3, 0.4) is 0 Å². The number of anilines is 1. The standard InChI is InChI=1S/C22H23BrF3N3O2/c23-18-4-1-16(2-5-18)21(7-13-31-14-8-21)20(30)29-11-9-28(10-12-29)19-6-3-17(15-27-19)22(24,25)26/h1-6,15H,7-14H2. The van der Waals surface area contributed by atoms with Gasteiger partial charge >= 0.3 is 6.18 Å². The van der Waals surface area contributed by atoms with E-state index in [0.29, 0.717) is 58.1 Å². The minimum Gasteiger partial charge on any atom is -0.381 e. The second-order valence-corrected chi connectivity index (χ2v) is 8.80. The number of piperazine rings is 1. The Kier molecular flexibility index (Phi) is 6.25. The molecule has 0 aliphatic carbocycles. The molecule has 0 spiro atoms. The first-order chi connectivity index (χ1) is 14.8. The molecule has 0 radical (unpaired) electrons. The molecule has 0 bridgehead atoms. The molecule has 2 aliphatic rings. The van der Waals surface area contributed by atoms with E-state index in [0.717, 1.165) is 22.3 Å². The van der Waals surface area contributed by atoms with Gasteiger partial charge in [-0.2, -0.15) is 13.2 Å². The Hall–Kier alpha value is -2.13. The Labute approximate surface area is 187 Å². The molecule has 2 fully saturated rings. The average Bonchev–Trinajstić information content (AvgIpc) is 2.79. The van der Waals surface area contributed by atoms with Crippen molar-refractivity contribution in [1.29, 1.82) is 0 Å². The van der Waals surface area contributed by atoms with Gasteiger partial charge in [-0.3, -0.25) is 4.79 Å². The second kappa shape index (κ2) is 8.78. The van der Waals surface area contributed by atoms with E-state index in [1.54, 1.807) is 0 Å². The summed E-state index contributed by atoms with van der Waals surface area (Å²) in [6.07, 6.45) is -2.28. The number of benzene rings is 1. The van der Waals surface area contributed by atoms with Crippen molar-refractivity contribution in [2.24, 2.45) is 0 Å². The molecule has 1 aromatic heterocycles. The van der Waals surface area contributed by atoms with Gasteiger partial charge in [-0.05, 0) is 42.7 Å². The lowest BCUT2D eigenvalue weighted by molar-refractivity contribution is -0.141. The highest BCUT2D eigenvalue weighted by atomic mass is 79.9. The summed E-state index contributed by atoms with van der Waals surface area (Å²) in [6, 6.07) is 10.3. The number of aromatic nitrogens is 1. The van der Waals surface area contributed by atoms with Crippen LogP contribution in [0.15, 0.2) is 47.1 Å². The normalized spacial score (nSPS) is 19.4. The van der Waals surface area contributed by atoms with Crippen LogP contribution in [0, 0.1) is 0 Å². The Morgan fingerprint density at radius 3 is 2.19 bits per heavy atom. The van der Waals surface area contributed by atoms with Crippen molar-refractivity contribution in [3.05, 3.63) is 58.2 Å². The van der Waals surface area contributed by atoms with Gasteiger partial charge in [-0.25, -0.2) is 4.98 Å². The zero-order chi connectivity index (χ0) is 22.1. The van der Waals surface area contributed by atoms with Crippen molar-refractivity contribution >= 4 is 27.7 Å². The third-order valence-electron chi connectivity index (χ3n) is 6.12. The Bertz CT molecular complexity index is 905. The fourth-order valence-corrected chi connectivity index (χ4v) is 4.56. The minimum absolute atomic E-state index is 0.0955. The first-order valence-corrected chi connectivity index (χ1v) is 11.0. The fraction of sp³-hybridized carbons (Fsp3) is 0.455. The van der Waals surface area contributed by atoms with Crippen LogP contribution in [-0.4, -0.2) is 55.2 Å². The average molecular weight is 498 g/mol. The van der Waals surface area contributed by atoms with Crippen LogP contribution in [0.5, 0.6) is 0 Å². The lowest BCUT2D eigenvalue weighted by atomic mass is 9.73. The van der Waals surface area contributed by atoms with Crippen molar-refractivity contribution in [2.45, 2.75) is 24.4 Å². The Morgan fingerprint density at radius 1 is 1.00 bits per heavy atom. The number of alkyl halides is 3. The van der Waals surface area contributed by atoms with Crippen LogP contribution < -0.4 is 4.90 Å². The molecule has 2 aliphatic heterocycles.